The van der Waals surface area contributed by atoms with Gasteiger partial charge in [-0.1, -0.05) is 66.7 Å². The molecule has 1 N–H and O–H groups in total. The minimum atomic E-state index is -0.134. The molecular weight excluding hydrogens is 326 g/mol. The molecular formula is C21H21NO2Si. The van der Waals surface area contributed by atoms with Crippen LogP contribution in [0.15, 0.2) is 72.4 Å². The predicted molar refractivity (Wildman–Crippen MR) is 105 cm³/mol. The third kappa shape index (κ3) is 3.69. The van der Waals surface area contributed by atoms with E-state index in [0.29, 0.717) is 23.4 Å². The lowest BCUT2D eigenvalue weighted by atomic mass is 9.85. The first-order chi connectivity index (χ1) is 12.2. The largest absolute Gasteiger partial charge is 0.381 e. The van der Waals surface area contributed by atoms with Crippen LogP contribution >= 0.6 is 0 Å². The van der Waals surface area contributed by atoms with Gasteiger partial charge in [0.1, 0.15) is 0 Å². The average molecular weight is 347 g/mol. The fourth-order valence-electron chi connectivity index (χ4n) is 2.92. The van der Waals surface area contributed by atoms with Crippen molar-refractivity contribution in [2.45, 2.75) is 12.5 Å². The van der Waals surface area contributed by atoms with Crippen molar-refractivity contribution in [2.75, 3.05) is 6.54 Å². The quantitative estimate of drug-likeness (QED) is 0.496. The molecule has 3 rings (SSSR count). The molecule has 0 atom stereocenters. The van der Waals surface area contributed by atoms with Gasteiger partial charge in [-0.05, 0) is 23.6 Å². The van der Waals surface area contributed by atoms with Crippen LogP contribution in [0.25, 0.3) is 11.1 Å². The second kappa shape index (κ2) is 7.90. The molecule has 0 aliphatic heterocycles. The number of benzene rings is 2. The maximum absolute atomic E-state index is 13.2. The lowest BCUT2D eigenvalue weighted by molar-refractivity contribution is -0.113. The number of allylic oxidation sites excluding steroid dienone is 3. The smallest absolute Gasteiger partial charge is 0.203 e. The molecule has 0 unspecified atom stereocenters. The molecule has 25 heavy (non-hydrogen) atoms. The molecule has 3 nitrogen and oxygen atoms in total. The van der Waals surface area contributed by atoms with Crippen molar-refractivity contribution in [3.63, 3.8) is 0 Å². The van der Waals surface area contributed by atoms with E-state index in [1.165, 1.54) is 6.08 Å². The second-order valence-corrected chi connectivity index (χ2v) is 7.01. The summed E-state index contributed by atoms with van der Waals surface area (Å²) in [5, 5.41) is 3.21. The van der Waals surface area contributed by atoms with Gasteiger partial charge in [-0.3, -0.25) is 9.59 Å². The maximum atomic E-state index is 13.2. The zero-order valence-electron chi connectivity index (χ0n) is 14.3. The Hall–Kier alpha value is -2.72. The van der Waals surface area contributed by atoms with E-state index < -0.39 is 0 Å². The summed E-state index contributed by atoms with van der Waals surface area (Å²) in [4.78, 5) is 26.0. The summed E-state index contributed by atoms with van der Waals surface area (Å²) < 4.78 is 0. The van der Waals surface area contributed by atoms with Gasteiger partial charge in [0.25, 0.3) is 0 Å². The molecule has 4 heteroatoms. The Morgan fingerprint density at radius 1 is 0.840 bits per heavy atom. The van der Waals surface area contributed by atoms with Crippen LogP contribution < -0.4 is 5.32 Å². The van der Waals surface area contributed by atoms with E-state index in [2.05, 4.69) is 5.32 Å². The number of nitrogens with one attached hydrogen (secondary N) is 1. The third-order valence-electron chi connectivity index (χ3n) is 4.22. The highest BCUT2D eigenvalue weighted by Gasteiger charge is 2.30. The summed E-state index contributed by atoms with van der Waals surface area (Å²) in [5.41, 5.74) is 2.90. The molecule has 2 aromatic carbocycles. The lowest BCUT2D eigenvalue weighted by Crippen LogP contribution is -2.28. The molecule has 0 spiro atoms. The predicted octanol–water partition coefficient (Wildman–Crippen LogP) is 2.40. The topological polar surface area (TPSA) is 46.2 Å². The number of carbonyl (C=O) groups is 2. The summed E-state index contributed by atoms with van der Waals surface area (Å²) in [6.45, 7) is 0.711. The minimum absolute atomic E-state index is 0.106. The first kappa shape index (κ1) is 17.1. The Kier molecular flexibility index (Phi) is 5.41. The molecule has 0 saturated heterocycles. The van der Waals surface area contributed by atoms with Crippen molar-refractivity contribution in [1.29, 1.82) is 0 Å². The SMILES string of the molecule is O=C1C=C(c2ccccc2)C(=O)C(c2ccccc2)=C1NCCC[SiH3]. The van der Waals surface area contributed by atoms with E-state index in [9.17, 15) is 9.59 Å². The van der Waals surface area contributed by atoms with Gasteiger partial charge in [-0.2, -0.15) is 0 Å². The molecule has 0 fully saturated rings. The van der Waals surface area contributed by atoms with Crippen molar-refractivity contribution in [2.24, 2.45) is 0 Å². The molecule has 1 aliphatic rings. The third-order valence-corrected chi connectivity index (χ3v) is 4.93. The van der Waals surface area contributed by atoms with Gasteiger partial charge in [-0.15, -0.1) is 0 Å². The molecule has 0 amide bonds. The summed E-state index contributed by atoms with van der Waals surface area (Å²) in [5.74, 6) is -0.240. The highest BCUT2D eigenvalue weighted by Crippen LogP contribution is 2.31. The molecule has 0 aromatic heterocycles. The van der Waals surface area contributed by atoms with Crippen LogP contribution in [-0.2, 0) is 9.59 Å². The number of ketones is 2. The number of hydrogen-bond acceptors (Lipinski definition) is 3. The van der Waals surface area contributed by atoms with Crippen LogP contribution in [0.1, 0.15) is 17.5 Å². The Labute approximate surface area is 150 Å². The standard InChI is InChI=1S/C21H21NO2Si/c23-18-14-17(15-8-3-1-4-9-15)21(24)19(16-10-5-2-6-11-16)20(18)22-12-7-13-25/h1-6,8-11,14,22H,7,12-13H2,25H3. The number of rotatable bonds is 6. The van der Waals surface area contributed by atoms with Crippen molar-refractivity contribution in [1.82, 2.24) is 5.32 Å². The number of carbonyl (C=O) groups excluding carboxylic acids is 2. The van der Waals surface area contributed by atoms with E-state index in [1.807, 2.05) is 60.7 Å². The summed E-state index contributed by atoms with van der Waals surface area (Å²) >= 11 is 0. The van der Waals surface area contributed by atoms with Crippen molar-refractivity contribution in [3.05, 3.63) is 83.6 Å². The first-order valence-corrected chi connectivity index (χ1v) is 10.0. The van der Waals surface area contributed by atoms with E-state index in [4.69, 9.17) is 0 Å². The maximum Gasteiger partial charge on any atom is 0.203 e. The molecule has 0 heterocycles. The Balaban J connectivity index is 2.06. The summed E-state index contributed by atoms with van der Waals surface area (Å²) in [6.07, 6.45) is 2.47. The Morgan fingerprint density at radius 3 is 2.04 bits per heavy atom. The van der Waals surface area contributed by atoms with Crippen molar-refractivity contribution < 1.29 is 9.59 Å². The van der Waals surface area contributed by atoms with Gasteiger partial charge in [0.05, 0.1) is 11.3 Å². The second-order valence-electron chi connectivity index (χ2n) is 6.01. The zero-order chi connectivity index (χ0) is 17.6. The van der Waals surface area contributed by atoms with Gasteiger partial charge < -0.3 is 5.32 Å². The highest BCUT2D eigenvalue weighted by atomic mass is 28.1. The van der Waals surface area contributed by atoms with Crippen LogP contribution in [0.2, 0.25) is 6.04 Å². The van der Waals surface area contributed by atoms with Gasteiger partial charge in [0.15, 0.2) is 5.78 Å². The summed E-state index contributed by atoms with van der Waals surface area (Å²) in [6, 6.07) is 20.0. The van der Waals surface area contributed by atoms with Crippen LogP contribution in [0, 0.1) is 0 Å². The van der Waals surface area contributed by atoms with Crippen LogP contribution in [0.4, 0.5) is 0 Å². The van der Waals surface area contributed by atoms with Gasteiger partial charge in [-0.25, -0.2) is 0 Å². The molecule has 0 saturated carbocycles. The number of Topliss-reactive ketones (excluding diaryl/α,β-unsaturated/α-hetero) is 1. The fourth-order valence-corrected chi connectivity index (χ4v) is 3.27. The summed E-state index contributed by atoms with van der Waals surface area (Å²) in [7, 11) is 1.14. The minimum Gasteiger partial charge on any atom is -0.381 e. The molecule has 0 radical (unpaired) electrons. The lowest BCUT2D eigenvalue weighted by Gasteiger charge is -2.21. The zero-order valence-corrected chi connectivity index (χ0v) is 16.3. The van der Waals surface area contributed by atoms with E-state index in [-0.39, 0.29) is 11.6 Å². The average Bonchev–Trinajstić information content (AvgIpc) is 2.66. The van der Waals surface area contributed by atoms with Crippen LogP contribution in [-0.4, -0.2) is 28.4 Å². The van der Waals surface area contributed by atoms with E-state index >= 15 is 0 Å². The number of hydrogen-bond donors (Lipinski definition) is 1. The van der Waals surface area contributed by atoms with Crippen LogP contribution in [0.5, 0.6) is 0 Å². The molecule has 2 aromatic rings. The Bertz CT molecular complexity index is 839. The van der Waals surface area contributed by atoms with Gasteiger partial charge in [0.2, 0.25) is 5.78 Å². The van der Waals surface area contributed by atoms with Gasteiger partial charge >= 0.3 is 0 Å². The highest BCUT2D eigenvalue weighted by molar-refractivity contribution is 6.49. The van der Waals surface area contributed by atoms with Crippen molar-refractivity contribution >= 4 is 33.0 Å². The van der Waals surface area contributed by atoms with Gasteiger partial charge in [0, 0.05) is 22.4 Å². The molecule has 126 valence electrons. The Morgan fingerprint density at radius 2 is 1.44 bits per heavy atom. The monoisotopic (exact) mass is 347 g/mol. The van der Waals surface area contributed by atoms with Crippen LogP contribution in [0.3, 0.4) is 0 Å². The normalized spacial score (nSPS) is 14.6. The molecule has 1 aliphatic carbocycles. The molecule has 0 bridgehead atoms. The fraction of sp³-hybridized carbons (Fsp3) is 0.143. The van der Waals surface area contributed by atoms with E-state index in [0.717, 1.165) is 33.8 Å². The van der Waals surface area contributed by atoms with E-state index in [1.54, 1.807) is 0 Å². The first-order valence-electron chi connectivity index (χ1n) is 8.62. The van der Waals surface area contributed by atoms with Crippen molar-refractivity contribution in [3.8, 4) is 0 Å².